The molecule has 2 N–H and O–H groups in total. The highest BCUT2D eigenvalue weighted by Gasteiger charge is 3.00. The lowest BCUT2D eigenvalue weighted by atomic mass is 9.43. The van der Waals surface area contributed by atoms with Crippen LogP contribution in [0.4, 0.5) is 0 Å². The van der Waals surface area contributed by atoms with Crippen molar-refractivity contribution in [1.82, 2.24) is 0 Å². The lowest BCUT2D eigenvalue weighted by Crippen LogP contribution is -2.72. The number of hydrogen-bond acceptors (Lipinski definition) is 3. The smallest absolute Gasteiger partial charge is 0.119 e. The predicted octanol–water partition coefficient (Wildman–Crippen LogP) is 3.60. The minimum atomic E-state index is -0.695. The van der Waals surface area contributed by atoms with Gasteiger partial charge in [-0.1, -0.05) is 24.6 Å². The third kappa shape index (κ3) is 1.20. The molecule has 14 atom stereocenters. The fourth-order valence-corrected chi connectivity index (χ4v) is 13.7. The van der Waals surface area contributed by atoms with Gasteiger partial charge in [0.15, 0.2) is 0 Å². The van der Waals surface area contributed by atoms with Crippen LogP contribution in [-0.2, 0) is 0 Å². The lowest BCUT2D eigenvalue weighted by molar-refractivity contribution is -0.282. The van der Waals surface area contributed by atoms with Gasteiger partial charge in [-0.05, 0) is 103 Å². The van der Waals surface area contributed by atoms with Gasteiger partial charge in [0.25, 0.3) is 0 Å². The number of fused-ring (bicyclic) bond motifs is 1. The first-order valence-corrected chi connectivity index (χ1v) is 12.7. The summed E-state index contributed by atoms with van der Waals surface area (Å²) in [6, 6.07) is 10.3. The Balaban J connectivity index is 1.30. The van der Waals surface area contributed by atoms with Gasteiger partial charge < -0.3 is 14.9 Å². The third-order valence-electron chi connectivity index (χ3n) is 13.1. The average molecular weight is 405 g/mol. The Bertz CT molecular complexity index is 962. The van der Waals surface area contributed by atoms with Gasteiger partial charge in [-0.2, -0.15) is 0 Å². The molecule has 0 spiro atoms. The number of hydrogen-bond donors (Lipinski definition) is 2. The Hall–Kier alpha value is -1.06. The second-order valence-corrected chi connectivity index (χ2v) is 12.5. The molecule has 0 amide bonds. The zero-order chi connectivity index (χ0) is 19.6. The maximum Gasteiger partial charge on any atom is 0.119 e. The van der Waals surface area contributed by atoms with E-state index in [-0.39, 0.29) is 17.4 Å². The Morgan fingerprint density at radius 3 is 2.27 bits per heavy atom. The molecule has 10 rings (SSSR count). The number of aliphatic hydroxyl groups is 2. The third-order valence-corrected chi connectivity index (χ3v) is 13.1. The van der Waals surface area contributed by atoms with Crippen LogP contribution in [0.2, 0.25) is 0 Å². The number of aliphatic hydroxyl groups excluding tert-OH is 1. The summed E-state index contributed by atoms with van der Waals surface area (Å²) in [5.74, 6) is 8.47. The van der Waals surface area contributed by atoms with Gasteiger partial charge in [0.1, 0.15) is 5.75 Å². The first kappa shape index (κ1) is 16.6. The number of para-hydroxylation sites is 1. The van der Waals surface area contributed by atoms with Crippen LogP contribution < -0.4 is 4.74 Å². The molecule has 9 aliphatic carbocycles. The number of benzene rings is 1. The molecular formula is C27H32O3. The van der Waals surface area contributed by atoms with Crippen LogP contribution in [0.15, 0.2) is 30.3 Å². The zero-order valence-corrected chi connectivity index (χ0v) is 17.5. The van der Waals surface area contributed by atoms with Gasteiger partial charge in [0, 0.05) is 10.8 Å². The molecular weight excluding hydrogens is 372 g/mol. The Morgan fingerprint density at radius 1 is 0.800 bits per heavy atom. The summed E-state index contributed by atoms with van der Waals surface area (Å²) in [6.45, 7) is 0.904. The molecule has 0 aromatic heterocycles. The molecule has 0 heterocycles. The van der Waals surface area contributed by atoms with E-state index in [1.54, 1.807) is 0 Å². The van der Waals surface area contributed by atoms with E-state index in [9.17, 15) is 10.2 Å². The van der Waals surface area contributed by atoms with Crippen molar-refractivity contribution in [2.24, 2.45) is 75.9 Å². The first-order valence-electron chi connectivity index (χ1n) is 12.7. The van der Waals surface area contributed by atoms with Gasteiger partial charge >= 0.3 is 0 Å². The largest absolute Gasteiger partial charge is 0.493 e. The zero-order valence-electron chi connectivity index (χ0n) is 17.5. The van der Waals surface area contributed by atoms with Crippen LogP contribution in [0, 0.1) is 75.9 Å². The molecule has 0 aliphatic heterocycles. The first-order chi connectivity index (χ1) is 14.7. The molecule has 3 nitrogen and oxygen atoms in total. The van der Waals surface area contributed by atoms with Crippen molar-refractivity contribution in [3.05, 3.63) is 30.3 Å². The van der Waals surface area contributed by atoms with Crippen molar-refractivity contribution in [2.45, 2.75) is 37.7 Å². The molecule has 12 unspecified atom stereocenters. The van der Waals surface area contributed by atoms with Crippen LogP contribution >= 0.6 is 0 Å². The maximum absolute atomic E-state index is 13.1. The molecule has 9 fully saturated rings. The predicted molar refractivity (Wildman–Crippen MR) is 110 cm³/mol. The van der Waals surface area contributed by atoms with Crippen molar-refractivity contribution in [1.29, 1.82) is 0 Å². The summed E-state index contributed by atoms with van der Waals surface area (Å²) in [4.78, 5) is 0. The van der Waals surface area contributed by atoms with E-state index < -0.39 is 5.60 Å². The van der Waals surface area contributed by atoms with E-state index in [2.05, 4.69) is 24.3 Å². The van der Waals surface area contributed by atoms with Gasteiger partial charge in [-0.3, -0.25) is 0 Å². The van der Waals surface area contributed by atoms with Crippen molar-refractivity contribution in [3.8, 4) is 5.75 Å². The Kier molecular flexibility index (Phi) is 2.57. The summed E-state index contributed by atoms with van der Waals surface area (Å²) in [5, 5.41) is 24.3. The lowest BCUT2D eigenvalue weighted by Gasteiger charge is -2.64. The summed E-state index contributed by atoms with van der Waals surface area (Å²) < 4.78 is 6.60. The van der Waals surface area contributed by atoms with Crippen LogP contribution in [-0.4, -0.2) is 29.0 Å². The minimum absolute atomic E-state index is 0.109. The fraction of sp³-hybridized carbons (Fsp3) is 0.778. The van der Waals surface area contributed by atoms with E-state index >= 15 is 0 Å². The highest BCUT2D eigenvalue weighted by atomic mass is 16.5. The molecule has 1 aromatic rings. The van der Waals surface area contributed by atoms with Gasteiger partial charge in [-0.25, -0.2) is 0 Å². The number of rotatable bonds is 4. The molecule has 9 saturated carbocycles. The molecule has 9 bridgehead atoms. The average Bonchev–Trinajstić information content (AvgIpc) is 3.54. The summed E-state index contributed by atoms with van der Waals surface area (Å²) in [6.07, 6.45) is 6.57. The molecule has 1 aromatic carbocycles. The van der Waals surface area contributed by atoms with E-state index in [1.165, 1.54) is 32.1 Å². The normalized spacial score (nSPS) is 66.0. The van der Waals surface area contributed by atoms with Gasteiger partial charge in [0.05, 0.1) is 18.8 Å². The molecule has 158 valence electrons. The summed E-state index contributed by atoms with van der Waals surface area (Å²) in [7, 11) is 0. The minimum Gasteiger partial charge on any atom is -0.493 e. The van der Waals surface area contributed by atoms with Crippen LogP contribution in [0.5, 0.6) is 5.75 Å². The molecule has 3 heteroatoms. The second kappa shape index (κ2) is 4.66. The van der Waals surface area contributed by atoms with Crippen molar-refractivity contribution in [2.75, 3.05) is 13.2 Å². The van der Waals surface area contributed by atoms with Gasteiger partial charge in [0.2, 0.25) is 0 Å². The topological polar surface area (TPSA) is 49.7 Å². The van der Waals surface area contributed by atoms with Crippen molar-refractivity contribution >= 4 is 0 Å². The number of ether oxygens (including phenoxy) is 1. The van der Waals surface area contributed by atoms with E-state index in [0.717, 1.165) is 41.3 Å². The summed E-state index contributed by atoms with van der Waals surface area (Å²) >= 11 is 0. The van der Waals surface area contributed by atoms with Gasteiger partial charge in [-0.15, -0.1) is 0 Å². The van der Waals surface area contributed by atoms with E-state index in [1.807, 2.05) is 6.07 Å². The standard InChI is InChI=1S/C27H32O3/c28-11-25-21-14-7-4-8-15(14)22-19(21)20-23(25)16-9-10-17-18(16)24(20)26(22,27(17,25)29)12-30-13-5-2-1-3-6-13/h1-3,5-6,14-24,28-29H,4,7-12H2/t14?,15?,16?,17?,18?,19?,20?,21?,22?,23?,24?,25-,26?,27-/m1/s1. The van der Waals surface area contributed by atoms with E-state index in [4.69, 9.17) is 4.74 Å². The molecule has 0 radical (unpaired) electrons. The highest BCUT2D eigenvalue weighted by Crippen LogP contribution is 2.98. The quantitative estimate of drug-likeness (QED) is 0.806. The molecule has 0 saturated heterocycles. The Morgan fingerprint density at radius 2 is 1.50 bits per heavy atom. The SMILES string of the molecule is OC[C@]12C3C4CCCC4C4C3C3C5C6C(CCC6[C@]1(O)C45COc1ccccc1)C32. The van der Waals surface area contributed by atoms with E-state index in [0.29, 0.717) is 36.2 Å². The monoisotopic (exact) mass is 404 g/mol. The fourth-order valence-electron chi connectivity index (χ4n) is 13.7. The van der Waals surface area contributed by atoms with Crippen LogP contribution in [0.25, 0.3) is 0 Å². The van der Waals surface area contributed by atoms with Crippen LogP contribution in [0.3, 0.4) is 0 Å². The van der Waals surface area contributed by atoms with Crippen molar-refractivity contribution < 1.29 is 14.9 Å². The molecule has 30 heavy (non-hydrogen) atoms. The summed E-state index contributed by atoms with van der Waals surface area (Å²) in [5.41, 5.74) is -1.03. The second-order valence-electron chi connectivity index (χ2n) is 12.5. The molecule has 9 aliphatic rings. The highest BCUT2D eigenvalue weighted by molar-refractivity contribution is 5.47. The Labute approximate surface area is 178 Å². The maximum atomic E-state index is 13.1. The van der Waals surface area contributed by atoms with Crippen LogP contribution in [0.1, 0.15) is 32.1 Å². The van der Waals surface area contributed by atoms with Crippen molar-refractivity contribution in [3.63, 3.8) is 0 Å².